The van der Waals surface area contributed by atoms with Crippen molar-refractivity contribution in [2.75, 3.05) is 44.6 Å². The predicted molar refractivity (Wildman–Crippen MR) is 328 cm³/mol. The molecule has 5 atom stereocenters. The van der Waals surface area contributed by atoms with Crippen molar-refractivity contribution < 1.29 is 62.0 Å². The molecule has 9 rings (SSSR count). The number of amides is 9. The van der Waals surface area contributed by atoms with E-state index in [1.807, 2.05) is 35.4 Å². The highest BCUT2D eigenvalue weighted by Crippen LogP contribution is 2.41. The van der Waals surface area contributed by atoms with Crippen molar-refractivity contribution in [3.05, 3.63) is 130 Å². The minimum absolute atomic E-state index is 0.0944. The molecule has 0 fully saturated rings. The van der Waals surface area contributed by atoms with E-state index >= 15 is 0 Å². The number of unbranched alkanes of at least 4 members (excludes halogenated alkanes) is 2. The van der Waals surface area contributed by atoms with Crippen molar-refractivity contribution in [3.63, 3.8) is 0 Å². The van der Waals surface area contributed by atoms with Crippen LogP contribution >= 0.6 is 0 Å². The molecule has 8 N–H and O–H groups in total. The summed E-state index contributed by atoms with van der Waals surface area (Å²) in [5.74, 6) is -0.660. The Labute approximate surface area is 509 Å². The number of benzene rings is 5. The second-order valence-electron chi connectivity index (χ2n) is 22.1. The number of nitrogens with two attached hydrogens (primary N) is 1. The van der Waals surface area contributed by atoms with Gasteiger partial charge in [-0.25, -0.2) is 9.59 Å². The first-order chi connectivity index (χ1) is 42.5. The van der Waals surface area contributed by atoms with Crippen LogP contribution in [-0.4, -0.2) is 134 Å². The molecule has 0 radical (unpaired) electrons. The van der Waals surface area contributed by atoms with Gasteiger partial charge in [0, 0.05) is 55.6 Å². The minimum atomic E-state index is -1.08. The van der Waals surface area contributed by atoms with Crippen molar-refractivity contribution in [2.45, 2.75) is 116 Å². The van der Waals surface area contributed by atoms with Crippen LogP contribution in [-0.2, 0) is 56.5 Å². The zero-order valence-electron chi connectivity index (χ0n) is 49.7. The molecular formula is C64H73N11O13. The zero-order valence-corrected chi connectivity index (χ0v) is 49.7. The van der Waals surface area contributed by atoms with E-state index in [-0.39, 0.29) is 62.4 Å². The number of methoxy groups -OCH3 is 2. The normalized spacial score (nSPS) is 16.2. The van der Waals surface area contributed by atoms with Gasteiger partial charge in [0.05, 0.1) is 62.0 Å². The maximum Gasteiger partial charge on any atom is 0.411 e. The second-order valence-corrected chi connectivity index (χ2v) is 22.1. The van der Waals surface area contributed by atoms with E-state index in [0.29, 0.717) is 108 Å². The van der Waals surface area contributed by atoms with Gasteiger partial charge in [0.15, 0.2) is 23.0 Å². The van der Waals surface area contributed by atoms with Crippen LogP contribution in [0.3, 0.4) is 0 Å². The molecule has 0 saturated heterocycles. The lowest BCUT2D eigenvalue weighted by Gasteiger charge is -2.34. The van der Waals surface area contributed by atoms with Gasteiger partial charge < -0.3 is 65.8 Å². The van der Waals surface area contributed by atoms with Gasteiger partial charge in [0.25, 0.3) is 11.8 Å². The molecule has 24 heteroatoms. The van der Waals surface area contributed by atoms with E-state index < -0.39 is 48.0 Å². The summed E-state index contributed by atoms with van der Waals surface area (Å²) in [6, 6.07) is 22.8. The summed E-state index contributed by atoms with van der Waals surface area (Å²) in [6.45, 7) is 6.48. The quantitative estimate of drug-likeness (QED) is 0.0222. The number of aliphatic imine (C=N–C) groups is 2. The Bertz CT molecular complexity index is 3500. The number of nitrogens with zero attached hydrogens (tertiary/aromatic N) is 4. The van der Waals surface area contributed by atoms with Crippen LogP contribution in [0.2, 0.25) is 0 Å². The summed E-state index contributed by atoms with van der Waals surface area (Å²) in [4.78, 5) is 116. The highest BCUT2D eigenvalue weighted by Gasteiger charge is 2.36. The van der Waals surface area contributed by atoms with Gasteiger partial charge in [0.1, 0.15) is 24.7 Å². The fourth-order valence-electron chi connectivity index (χ4n) is 10.8. The molecular weight excluding hydrogens is 1130 g/mol. The fourth-order valence-corrected chi connectivity index (χ4v) is 10.8. The van der Waals surface area contributed by atoms with Gasteiger partial charge in [-0.15, -0.1) is 0 Å². The van der Waals surface area contributed by atoms with Gasteiger partial charge in [0.2, 0.25) is 24.1 Å². The van der Waals surface area contributed by atoms with Crippen molar-refractivity contribution in [1.82, 2.24) is 31.1 Å². The van der Waals surface area contributed by atoms with Crippen LogP contribution in [0.4, 0.5) is 32.3 Å². The number of anilines is 2. The van der Waals surface area contributed by atoms with E-state index in [1.165, 1.54) is 19.6 Å². The minimum Gasteiger partial charge on any atom is -0.493 e. The first-order valence-corrected chi connectivity index (χ1v) is 29.3. The molecule has 0 bridgehead atoms. The van der Waals surface area contributed by atoms with Crippen LogP contribution in [0.5, 0.6) is 23.0 Å². The number of nitrogens with one attached hydrogen (secondary N) is 6. The third-order valence-corrected chi connectivity index (χ3v) is 15.7. The van der Waals surface area contributed by atoms with Crippen LogP contribution < -0.4 is 56.6 Å². The lowest BCUT2D eigenvalue weighted by Crippen LogP contribution is -2.56. The maximum absolute atomic E-state index is 14.3. The smallest absolute Gasteiger partial charge is 0.411 e. The van der Waals surface area contributed by atoms with Gasteiger partial charge in [-0.2, -0.15) is 0 Å². The molecule has 0 aliphatic carbocycles. The number of carbonyl (C=O) groups is 8. The van der Waals surface area contributed by atoms with Gasteiger partial charge >= 0.3 is 12.1 Å². The molecule has 9 amide bonds. The average Bonchev–Trinajstić information content (AvgIpc) is 1.77. The van der Waals surface area contributed by atoms with Gasteiger partial charge in [-0.3, -0.25) is 44.1 Å². The Morgan fingerprint density at radius 1 is 0.648 bits per heavy atom. The molecule has 0 aromatic heterocycles. The summed E-state index contributed by atoms with van der Waals surface area (Å²) in [6.07, 6.45) is 7.08. The standard InChI is InChI=1S/C64H73N11O13/c1-37(2)57(73-58(77)38(3)69-36-76)60(79)72-50(14-11-21-66-63(65)82)59(78)70-44-18-15-39(16-19-44)35-88-64(83)71-45-20-17-41-26-47-32-68-52-30-56(54(85-5)28-49(52)62(81)75(47)34-43(41)24-45)87-23-10-6-9-22-86-55-29-51-48(27-53(55)84-4)61(80)74-33-42-13-8-7-12-40(42)25-46(74)31-67-51/h7-8,12-13,15-20,24,27-32,36-38,46-47,50,57H,6,9-11,14,21-23,25-26,33-35H2,1-5H3,(H,69,76)(H,70,78)(H,71,83)(H,72,79)(H,73,77)(H3,65,66,82)/t38-,46-,47-,50-,57-/m0/s1. The van der Waals surface area contributed by atoms with Crippen molar-refractivity contribution >= 4 is 83.2 Å². The first kappa shape index (κ1) is 62.5. The molecule has 4 aliphatic heterocycles. The van der Waals surface area contributed by atoms with Crippen LogP contribution in [0.1, 0.15) is 101 Å². The SMILES string of the molecule is COc1cc2c(cc1OCCCCCOc1cc3c(cc1OC)C(=O)N1Cc4cc(NC(=O)OCc5ccc(NC(=O)[C@H](CCCNC(N)=O)NC(=O)[C@@H](NC(=O)[C@H](C)NC=O)C(C)C)cc5)ccc4C[C@H]1C=N3)N=C[C@@H]1Cc3ccccc3CN1C2=O. The number of carbonyl (C=O) groups excluding carboxylic acids is 8. The summed E-state index contributed by atoms with van der Waals surface area (Å²) in [7, 11) is 3.07. The Balaban J connectivity index is 0.733. The summed E-state index contributed by atoms with van der Waals surface area (Å²) in [5, 5.41) is 15.7. The molecule has 462 valence electrons. The topological polar surface area (TPSA) is 312 Å². The molecule has 88 heavy (non-hydrogen) atoms. The summed E-state index contributed by atoms with van der Waals surface area (Å²) in [5.41, 5.74) is 12.7. The number of hydrogen-bond donors (Lipinski definition) is 7. The lowest BCUT2D eigenvalue weighted by atomic mass is 9.93. The molecule has 0 spiro atoms. The van der Waals surface area contributed by atoms with Gasteiger partial charge in [-0.1, -0.05) is 56.3 Å². The fraction of sp³-hybridized carbons (Fsp3) is 0.375. The molecule has 0 saturated carbocycles. The number of hydrogen-bond acceptors (Lipinski definition) is 15. The zero-order chi connectivity index (χ0) is 62.4. The number of primary amides is 1. The van der Waals surface area contributed by atoms with Crippen molar-refractivity contribution in [2.24, 2.45) is 21.6 Å². The third kappa shape index (κ3) is 15.3. The van der Waals surface area contributed by atoms with E-state index in [1.54, 1.807) is 86.7 Å². The van der Waals surface area contributed by atoms with E-state index in [2.05, 4.69) is 44.0 Å². The Hall–Kier alpha value is -10.0. The number of urea groups is 1. The van der Waals surface area contributed by atoms with Crippen LogP contribution in [0.25, 0.3) is 0 Å². The van der Waals surface area contributed by atoms with Crippen molar-refractivity contribution in [3.8, 4) is 23.0 Å². The van der Waals surface area contributed by atoms with Gasteiger partial charge in [-0.05, 0) is 122 Å². The first-order valence-electron chi connectivity index (χ1n) is 29.3. The third-order valence-electron chi connectivity index (χ3n) is 15.7. The molecule has 24 nitrogen and oxygen atoms in total. The monoisotopic (exact) mass is 1200 g/mol. The lowest BCUT2D eigenvalue weighted by molar-refractivity contribution is -0.133. The average molecular weight is 1200 g/mol. The maximum atomic E-state index is 14.3. The summed E-state index contributed by atoms with van der Waals surface area (Å²) >= 11 is 0. The predicted octanol–water partition coefficient (Wildman–Crippen LogP) is 6.79. The van der Waals surface area contributed by atoms with Crippen LogP contribution in [0.15, 0.2) is 101 Å². The van der Waals surface area contributed by atoms with Crippen molar-refractivity contribution in [1.29, 1.82) is 0 Å². The highest BCUT2D eigenvalue weighted by atomic mass is 16.5. The Morgan fingerprint density at radius 2 is 1.23 bits per heavy atom. The molecule has 4 heterocycles. The molecule has 0 unspecified atom stereocenters. The van der Waals surface area contributed by atoms with E-state index in [9.17, 15) is 38.4 Å². The Kier molecular flexibility index (Phi) is 20.6. The number of ether oxygens (including phenoxy) is 5. The van der Waals surface area contributed by atoms with E-state index in [4.69, 9.17) is 39.4 Å². The van der Waals surface area contributed by atoms with E-state index in [0.717, 1.165) is 29.5 Å². The largest absolute Gasteiger partial charge is 0.493 e. The number of fused-ring (bicyclic) bond motifs is 6. The Morgan fingerprint density at radius 3 is 1.81 bits per heavy atom. The summed E-state index contributed by atoms with van der Waals surface area (Å²) < 4.78 is 29.3. The molecule has 4 aliphatic rings. The second kappa shape index (κ2) is 28.9. The molecule has 5 aromatic rings. The molecule has 5 aromatic carbocycles. The highest BCUT2D eigenvalue weighted by molar-refractivity contribution is 6.05. The van der Waals surface area contributed by atoms with Crippen LogP contribution in [0, 0.1) is 5.92 Å². The number of rotatable bonds is 26.